The van der Waals surface area contributed by atoms with E-state index in [0.717, 1.165) is 10.9 Å². The third-order valence-electron chi connectivity index (χ3n) is 5.98. The Morgan fingerprint density at radius 2 is 1.97 bits per heavy atom. The van der Waals surface area contributed by atoms with E-state index in [9.17, 15) is 9.59 Å². The van der Waals surface area contributed by atoms with E-state index in [4.69, 9.17) is 4.74 Å². The van der Waals surface area contributed by atoms with E-state index < -0.39 is 5.56 Å². The minimum Gasteiger partial charge on any atom is -0.451 e. The number of benzene rings is 2. The summed E-state index contributed by atoms with van der Waals surface area (Å²) in [5.74, 6) is 0.514. The van der Waals surface area contributed by atoms with Crippen LogP contribution in [-0.4, -0.2) is 35.2 Å². The van der Waals surface area contributed by atoms with E-state index in [0.29, 0.717) is 33.8 Å². The van der Waals surface area contributed by atoms with Crippen LogP contribution in [0.2, 0.25) is 0 Å². The number of anilines is 3. The Kier molecular flexibility index (Phi) is 5.85. The number of nitrogens with zero attached hydrogens (tertiary/aromatic N) is 5. The van der Waals surface area contributed by atoms with Crippen molar-refractivity contribution in [1.29, 1.82) is 0 Å². The Morgan fingerprint density at radius 3 is 2.79 bits per heavy atom. The summed E-state index contributed by atoms with van der Waals surface area (Å²) in [6, 6.07) is 15.9. The Morgan fingerprint density at radius 1 is 1.08 bits per heavy atom. The van der Waals surface area contributed by atoms with Gasteiger partial charge in [0.1, 0.15) is 5.75 Å². The summed E-state index contributed by atoms with van der Waals surface area (Å²) in [6.07, 6.45) is 8.05. The van der Waals surface area contributed by atoms with Gasteiger partial charge in [0, 0.05) is 47.6 Å². The molecule has 0 unspecified atom stereocenters. The molecule has 0 atom stereocenters. The largest absolute Gasteiger partial charge is 0.451 e. The Balaban J connectivity index is 1.49. The van der Waals surface area contributed by atoms with Gasteiger partial charge in [-0.3, -0.25) is 18.8 Å². The van der Waals surface area contributed by atoms with Gasteiger partial charge in [0.05, 0.1) is 17.6 Å². The number of hydrogen-bond acceptors (Lipinski definition) is 7. The molecule has 4 heterocycles. The average Bonchev–Trinajstić information content (AvgIpc) is 3.57. The summed E-state index contributed by atoms with van der Waals surface area (Å²) in [6.45, 7) is 3.49. The van der Waals surface area contributed by atoms with Gasteiger partial charge in [0.25, 0.3) is 5.56 Å². The lowest BCUT2D eigenvalue weighted by Gasteiger charge is -2.15. The van der Waals surface area contributed by atoms with Gasteiger partial charge in [-0.2, -0.15) is 10.1 Å². The Labute approximate surface area is 221 Å². The van der Waals surface area contributed by atoms with Crippen LogP contribution in [0.25, 0.3) is 27.6 Å². The van der Waals surface area contributed by atoms with E-state index in [1.54, 1.807) is 66.7 Å². The fourth-order valence-electron chi connectivity index (χ4n) is 4.20. The van der Waals surface area contributed by atoms with E-state index in [-0.39, 0.29) is 17.6 Å². The first-order valence-electron chi connectivity index (χ1n) is 11.9. The molecule has 192 valence electrons. The summed E-state index contributed by atoms with van der Waals surface area (Å²) in [5.41, 5.74) is 2.53. The summed E-state index contributed by atoms with van der Waals surface area (Å²) in [7, 11) is 1.80. The fraction of sp³-hybridized carbons (Fsp3) is 0.0357. The molecule has 2 aromatic carbocycles. The predicted octanol–water partition coefficient (Wildman–Crippen LogP) is 4.66. The highest BCUT2D eigenvalue weighted by molar-refractivity contribution is 5.99. The van der Waals surface area contributed by atoms with Gasteiger partial charge < -0.3 is 20.4 Å². The average molecular weight is 519 g/mol. The maximum absolute atomic E-state index is 13.9. The molecule has 0 aliphatic heterocycles. The SMILES string of the molecule is C=CC(=O)Nc1cccc(-n2c(=O)c(Oc3ccc4[nH]ccc4c3)cc3cnc(Nc4cnn(C)c4)nc32)c1. The highest BCUT2D eigenvalue weighted by Crippen LogP contribution is 2.27. The normalized spacial score (nSPS) is 11.0. The molecule has 3 N–H and O–H groups in total. The number of carbonyl (C=O) groups excluding carboxylic acids is 1. The van der Waals surface area contributed by atoms with Gasteiger partial charge in [0.15, 0.2) is 11.4 Å². The predicted molar refractivity (Wildman–Crippen MR) is 149 cm³/mol. The zero-order valence-corrected chi connectivity index (χ0v) is 20.8. The van der Waals surface area contributed by atoms with E-state index in [1.807, 2.05) is 24.4 Å². The van der Waals surface area contributed by atoms with Crippen molar-refractivity contribution in [2.24, 2.45) is 7.05 Å². The van der Waals surface area contributed by atoms with Gasteiger partial charge in [-0.1, -0.05) is 12.6 Å². The second kappa shape index (κ2) is 9.63. The fourth-order valence-corrected chi connectivity index (χ4v) is 4.20. The molecule has 0 aliphatic carbocycles. The van der Waals surface area contributed by atoms with Crippen molar-refractivity contribution in [3.8, 4) is 17.2 Å². The molecule has 0 saturated carbocycles. The molecule has 6 rings (SSSR count). The van der Waals surface area contributed by atoms with Crippen molar-refractivity contribution >= 4 is 45.2 Å². The number of pyridine rings is 1. The number of ether oxygens (including phenoxy) is 1. The van der Waals surface area contributed by atoms with Crippen molar-refractivity contribution in [1.82, 2.24) is 29.3 Å². The number of H-pyrrole nitrogens is 1. The minimum absolute atomic E-state index is 0.0921. The van der Waals surface area contributed by atoms with E-state index >= 15 is 0 Å². The highest BCUT2D eigenvalue weighted by Gasteiger charge is 2.16. The maximum atomic E-state index is 13.9. The Hall–Kier alpha value is -5.71. The molecule has 4 aromatic heterocycles. The first kappa shape index (κ1) is 23.7. The quantitative estimate of drug-likeness (QED) is 0.262. The number of nitrogens with one attached hydrogen (secondary N) is 3. The summed E-state index contributed by atoms with van der Waals surface area (Å²) < 4.78 is 9.16. The molecule has 39 heavy (non-hydrogen) atoms. The first-order chi connectivity index (χ1) is 19.0. The second-order valence-corrected chi connectivity index (χ2v) is 8.72. The third kappa shape index (κ3) is 4.71. The second-order valence-electron chi connectivity index (χ2n) is 8.72. The van der Waals surface area contributed by atoms with Gasteiger partial charge in [-0.25, -0.2) is 4.98 Å². The summed E-state index contributed by atoms with van der Waals surface area (Å²) in [4.78, 5) is 38.0. The lowest BCUT2D eigenvalue weighted by atomic mass is 10.2. The number of aryl methyl sites for hydroxylation is 1. The molecule has 0 fully saturated rings. The molecule has 11 nitrogen and oxygen atoms in total. The standard InChI is InChI=1S/C28H22N8O3/c1-3-25(37)32-19-5-4-6-21(13-19)36-26-18(14-30-28(34-26)33-20-15-31-35(2)16-20)12-24(27(36)38)39-22-7-8-23-17(11-22)9-10-29-23/h3-16,29H,1H2,2H3,(H,32,37)(H,30,33,34). The van der Waals surface area contributed by atoms with Crippen molar-refractivity contribution < 1.29 is 9.53 Å². The number of hydrogen-bond donors (Lipinski definition) is 3. The molecule has 0 spiro atoms. The number of aromatic nitrogens is 6. The van der Waals surface area contributed by atoms with Crippen LogP contribution in [0.1, 0.15) is 0 Å². The van der Waals surface area contributed by atoms with Crippen molar-refractivity contribution in [3.05, 3.63) is 102 Å². The van der Waals surface area contributed by atoms with Crippen molar-refractivity contribution in [2.75, 3.05) is 10.6 Å². The Bertz CT molecular complexity index is 1930. The number of rotatable bonds is 7. The van der Waals surface area contributed by atoms with Crippen LogP contribution >= 0.6 is 0 Å². The van der Waals surface area contributed by atoms with Crippen LogP contribution in [0.4, 0.5) is 17.3 Å². The molecule has 11 heteroatoms. The zero-order valence-electron chi connectivity index (χ0n) is 20.8. The monoisotopic (exact) mass is 518 g/mol. The number of carbonyl (C=O) groups is 1. The van der Waals surface area contributed by atoms with Crippen LogP contribution < -0.4 is 20.9 Å². The maximum Gasteiger partial charge on any atom is 0.299 e. The number of amides is 1. The minimum atomic E-state index is -0.435. The molecule has 0 radical (unpaired) electrons. The lowest BCUT2D eigenvalue weighted by Crippen LogP contribution is -2.21. The van der Waals surface area contributed by atoms with Crippen LogP contribution in [0.3, 0.4) is 0 Å². The van der Waals surface area contributed by atoms with Crippen LogP contribution in [-0.2, 0) is 11.8 Å². The third-order valence-corrected chi connectivity index (χ3v) is 5.98. The molecule has 6 aromatic rings. The molecule has 0 bridgehead atoms. The smallest absolute Gasteiger partial charge is 0.299 e. The van der Waals surface area contributed by atoms with Gasteiger partial charge in [-0.05, 0) is 54.6 Å². The van der Waals surface area contributed by atoms with Gasteiger partial charge in [-0.15, -0.1) is 0 Å². The highest BCUT2D eigenvalue weighted by atomic mass is 16.5. The van der Waals surface area contributed by atoms with Crippen LogP contribution in [0, 0.1) is 0 Å². The summed E-state index contributed by atoms with van der Waals surface area (Å²) >= 11 is 0. The molecular formula is C28H22N8O3. The zero-order chi connectivity index (χ0) is 26.9. The molecule has 1 amide bonds. The summed E-state index contributed by atoms with van der Waals surface area (Å²) in [5, 5.41) is 11.5. The molecule has 0 aliphatic rings. The first-order valence-corrected chi connectivity index (χ1v) is 11.9. The van der Waals surface area contributed by atoms with Gasteiger partial charge in [0.2, 0.25) is 11.9 Å². The van der Waals surface area contributed by atoms with Crippen molar-refractivity contribution in [3.63, 3.8) is 0 Å². The van der Waals surface area contributed by atoms with Crippen LogP contribution in [0.15, 0.2) is 96.8 Å². The van der Waals surface area contributed by atoms with E-state index in [2.05, 4.69) is 37.3 Å². The number of aromatic amines is 1. The molecule has 0 saturated heterocycles. The van der Waals surface area contributed by atoms with Gasteiger partial charge >= 0.3 is 0 Å². The number of fused-ring (bicyclic) bond motifs is 2. The topological polar surface area (TPSA) is 132 Å². The molecular weight excluding hydrogens is 496 g/mol. The van der Waals surface area contributed by atoms with E-state index in [1.165, 1.54) is 10.6 Å². The van der Waals surface area contributed by atoms with Crippen molar-refractivity contribution in [2.45, 2.75) is 0 Å². The lowest BCUT2D eigenvalue weighted by molar-refractivity contribution is -0.111. The van der Waals surface area contributed by atoms with Crippen LogP contribution in [0.5, 0.6) is 11.5 Å².